The van der Waals surface area contributed by atoms with E-state index in [2.05, 4.69) is 52.3 Å². The van der Waals surface area contributed by atoms with Crippen molar-refractivity contribution in [1.82, 2.24) is 14.9 Å². The van der Waals surface area contributed by atoms with Gasteiger partial charge in [0.15, 0.2) is 0 Å². The van der Waals surface area contributed by atoms with Crippen LogP contribution in [0.4, 0.5) is 0 Å². The summed E-state index contributed by atoms with van der Waals surface area (Å²) in [5.41, 5.74) is 6.45. The van der Waals surface area contributed by atoms with Crippen LogP contribution in [-0.4, -0.2) is 48.7 Å². The molecule has 1 saturated heterocycles. The molecule has 0 atom stereocenters. The van der Waals surface area contributed by atoms with Gasteiger partial charge in [0, 0.05) is 40.2 Å². The summed E-state index contributed by atoms with van der Waals surface area (Å²) in [4.78, 5) is 9.58. The van der Waals surface area contributed by atoms with Crippen LogP contribution in [0, 0.1) is 6.92 Å². The van der Waals surface area contributed by atoms with Gasteiger partial charge in [-0.25, -0.2) is 0 Å². The number of hydrogen-bond acceptors (Lipinski definition) is 3. The summed E-state index contributed by atoms with van der Waals surface area (Å²) < 4.78 is 11.1. The van der Waals surface area contributed by atoms with Gasteiger partial charge in [-0.3, -0.25) is 0 Å². The third-order valence-electron chi connectivity index (χ3n) is 6.95. The highest BCUT2D eigenvalue weighted by molar-refractivity contribution is 5.90. The van der Waals surface area contributed by atoms with Gasteiger partial charge in [0.2, 0.25) is 0 Å². The number of ether oxygens (including phenoxy) is 2. The maximum absolute atomic E-state index is 5.64. The molecule has 0 saturated carbocycles. The van der Waals surface area contributed by atoms with E-state index >= 15 is 0 Å². The van der Waals surface area contributed by atoms with E-state index < -0.39 is 0 Å². The molecule has 0 bridgehead atoms. The maximum Gasteiger partial charge on any atom is 0.128 e. The van der Waals surface area contributed by atoms with E-state index in [-0.39, 0.29) is 0 Å². The molecule has 1 fully saturated rings. The van der Waals surface area contributed by atoms with Gasteiger partial charge in [-0.05, 0) is 86.7 Å². The summed E-state index contributed by atoms with van der Waals surface area (Å²) >= 11 is 0. The van der Waals surface area contributed by atoms with Crippen molar-refractivity contribution in [2.45, 2.75) is 32.1 Å². The second-order valence-corrected chi connectivity index (χ2v) is 8.63. The number of benzene rings is 2. The number of aryl methyl sites for hydroxylation is 1. The van der Waals surface area contributed by atoms with Gasteiger partial charge < -0.3 is 24.3 Å². The van der Waals surface area contributed by atoms with Crippen molar-refractivity contribution in [3.8, 4) is 11.5 Å². The first kappa shape index (κ1) is 20.0. The first-order valence-corrected chi connectivity index (χ1v) is 11.2. The number of nitrogens with one attached hydrogen (secondary N) is 2. The van der Waals surface area contributed by atoms with E-state index in [0.29, 0.717) is 5.92 Å². The minimum Gasteiger partial charge on any atom is -0.497 e. The van der Waals surface area contributed by atoms with Crippen LogP contribution >= 0.6 is 0 Å². The normalized spacial score (nSPS) is 15.7. The van der Waals surface area contributed by atoms with Gasteiger partial charge in [-0.1, -0.05) is 6.07 Å². The zero-order valence-electron chi connectivity index (χ0n) is 18.6. The summed E-state index contributed by atoms with van der Waals surface area (Å²) in [6, 6.07) is 12.5. The van der Waals surface area contributed by atoms with E-state index in [4.69, 9.17) is 9.47 Å². The SMILES string of the molecule is COc1ccc2[nH]c(C)c(CCN3CCC(c4c[nH]c5cccc(OC)c45)CC3)c2c1. The Kier molecular flexibility index (Phi) is 5.36. The molecule has 1 aliphatic heterocycles. The molecule has 31 heavy (non-hydrogen) atoms. The molecular weight excluding hydrogens is 386 g/mol. The number of rotatable bonds is 6. The summed E-state index contributed by atoms with van der Waals surface area (Å²) in [5.74, 6) is 2.48. The fourth-order valence-corrected chi connectivity index (χ4v) is 5.22. The number of fused-ring (bicyclic) bond motifs is 2. The first-order valence-electron chi connectivity index (χ1n) is 11.2. The first-order chi connectivity index (χ1) is 15.2. The average Bonchev–Trinajstić information content (AvgIpc) is 3.38. The maximum atomic E-state index is 5.64. The monoisotopic (exact) mass is 417 g/mol. The Morgan fingerprint density at radius 2 is 1.87 bits per heavy atom. The second-order valence-electron chi connectivity index (χ2n) is 8.63. The van der Waals surface area contributed by atoms with Crippen LogP contribution in [0.2, 0.25) is 0 Å². The van der Waals surface area contributed by atoms with Crippen molar-refractivity contribution in [3.05, 3.63) is 59.4 Å². The number of piperidine rings is 1. The zero-order chi connectivity index (χ0) is 21.4. The van der Waals surface area contributed by atoms with Crippen molar-refractivity contribution < 1.29 is 9.47 Å². The Morgan fingerprint density at radius 3 is 2.65 bits per heavy atom. The van der Waals surface area contributed by atoms with Crippen molar-refractivity contribution >= 4 is 21.8 Å². The lowest BCUT2D eigenvalue weighted by Gasteiger charge is -2.32. The zero-order valence-corrected chi connectivity index (χ0v) is 18.6. The predicted octanol–water partition coefficient (Wildman–Crippen LogP) is 5.40. The van der Waals surface area contributed by atoms with Gasteiger partial charge in [0.05, 0.1) is 14.2 Å². The van der Waals surface area contributed by atoms with E-state index in [1.807, 2.05) is 12.1 Å². The minimum atomic E-state index is 0.584. The molecule has 5 rings (SSSR count). The van der Waals surface area contributed by atoms with Crippen molar-refractivity contribution in [2.75, 3.05) is 33.9 Å². The van der Waals surface area contributed by atoms with Crippen LogP contribution in [0.5, 0.6) is 11.5 Å². The molecule has 2 aromatic heterocycles. The van der Waals surface area contributed by atoms with Crippen molar-refractivity contribution in [2.24, 2.45) is 0 Å². The quantitative estimate of drug-likeness (QED) is 0.442. The topological polar surface area (TPSA) is 53.3 Å². The Hall–Kier alpha value is -2.92. The molecule has 0 aliphatic carbocycles. The molecule has 0 unspecified atom stereocenters. The number of H-pyrrole nitrogens is 2. The van der Waals surface area contributed by atoms with E-state index in [9.17, 15) is 0 Å². The number of nitrogens with zero attached hydrogens (tertiary/aromatic N) is 1. The van der Waals surface area contributed by atoms with Gasteiger partial charge >= 0.3 is 0 Å². The Balaban J connectivity index is 1.26. The molecule has 0 spiro atoms. The third-order valence-corrected chi connectivity index (χ3v) is 6.95. The standard InChI is InChI=1S/C26H31N3O2/c1-17-20(21-15-19(30-2)7-8-23(21)28-17)11-14-29-12-9-18(10-13-29)22-16-27-24-5-4-6-25(31-3)26(22)24/h4-8,15-16,18,27-28H,9-14H2,1-3H3. The van der Waals surface area contributed by atoms with Crippen LogP contribution < -0.4 is 9.47 Å². The highest BCUT2D eigenvalue weighted by atomic mass is 16.5. The second kappa shape index (κ2) is 8.31. The molecule has 2 N–H and O–H groups in total. The Labute approximate surface area is 183 Å². The van der Waals surface area contributed by atoms with Crippen LogP contribution in [0.25, 0.3) is 21.8 Å². The average molecular weight is 418 g/mol. The summed E-state index contributed by atoms with van der Waals surface area (Å²) in [6.07, 6.45) is 5.62. The van der Waals surface area contributed by atoms with Crippen LogP contribution in [0.1, 0.15) is 35.6 Å². The van der Waals surface area contributed by atoms with Gasteiger partial charge in [0.1, 0.15) is 11.5 Å². The van der Waals surface area contributed by atoms with Crippen LogP contribution in [-0.2, 0) is 6.42 Å². The fraction of sp³-hybridized carbons (Fsp3) is 0.385. The largest absolute Gasteiger partial charge is 0.497 e. The van der Waals surface area contributed by atoms with Crippen molar-refractivity contribution in [3.63, 3.8) is 0 Å². The molecule has 2 aromatic carbocycles. The number of methoxy groups -OCH3 is 2. The lowest BCUT2D eigenvalue weighted by atomic mass is 9.89. The smallest absolute Gasteiger partial charge is 0.128 e. The molecule has 4 aromatic rings. The van der Waals surface area contributed by atoms with Crippen LogP contribution in [0.3, 0.4) is 0 Å². The number of likely N-dealkylation sites (tertiary alicyclic amines) is 1. The van der Waals surface area contributed by atoms with Gasteiger partial charge in [-0.2, -0.15) is 0 Å². The summed E-state index contributed by atoms with van der Waals surface area (Å²) in [5, 5.41) is 2.55. The minimum absolute atomic E-state index is 0.584. The van der Waals surface area contributed by atoms with E-state index in [1.54, 1.807) is 14.2 Å². The molecule has 5 heteroatoms. The molecule has 1 aliphatic rings. The van der Waals surface area contributed by atoms with Crippen molar-refractivity contribution in [1.29, 1.82) is 0 Å². The molecule has 3 heterocycles. The Morgan fingerprint density at radius 1 is 1.03 bits per heavy atom. The van der Waals surface area contributed by atoms with E-state index in [0.717, 1.165) is 37.6 Å². The fourth-order valence-electron chi connectivity index (χ4n) is 5.22. The van der Waals surface area contributed by atoms with E-state index in [1.165, 1.54) is 51.5 Å². The molecule has 0 radical (unpaired) electrons. The molecule has 5 nitrogen and oxygen atoms in total. The lowest BCUT2D eigenvalue weighted by molar-refractivity contribution is 0.215. The molecular formula is C26H31N3O2. The summed E-state index contributed by atoms with van der Waals surface area (Å²) in [7, 11) is 3.49. The number of hydrogen-bond donors (Lipinski definition) is 2. The highest BCUT2D eigenvalue weighted by Crippen LogP contribution is 2.37. The lowest BCUT2D eigenvalue weighted by Crippen LogP contribution is -2.34. The van der Waals surface area contributed by atoms with Gasteiger partial charge in [0.25, 0.3) is 0 Å². The Bertz CT molecular complexity index is 1200. The van der Waals surface area contributed by atoms with Gasteiger partial charge in [-0.15, -0.1) is 0 Å². The molecule has 162 valence electrons. The van der Waals surface area contributed by atoms with Crippen LogP contribution in [0.15, 0.2) is 42.6 Å². The number of aromatic nitrogens is 2. The number of aromatic amines is 2. The highest BCUT2D eigenvalue weighted by Gasteiger charge is 2.24. The molecule has 0 amide bonds. The predicted molar refractivity (Wildman–Crippen MR) is 127 cm³/mol. The third kappa shape index (κ3) is 3.68. The summed E-state index contributed by atoms with van der Waals surface area (Å²) in [6.45, 7) is 5.54.